The molecule has 2 fully saturated rings. The predicted octanol–water partition coefficient (Wildman–Crippen LogP) is 3.89. The topological polar surface area (TPSA) is 88.5 Å². The molecule has 2 aliphatic rings. The molecule has 1 aromatic heterocycles. The molecule has 0 unspecified atom stereocenters. The summed E-state index contributed by atoms with van der Waals surface area (Å²) in [5.74, 6) is -2.70. The molecule has 3 heterocycles. The van der Waals surface area contributed by atoms with Crippen molar-refractivity contribution in [2.45, 2.75) is 51.7 Å². The number of carboxylic acids is 1. The van der Waals surface area contributed by atoms with Gasteiger partial charge in [-0.1, -0.05) is 37.6 Å². The highest BCUT2D eigenvalue weighted by molar-refractivity contribution is 7.16. The molecule has 2 aliphatic heterocycles. The van der Waals surface area contributed by atoms with Crippen LogP contribution in [-0.4, -0.2) is 34.2 Å². The molecule has 1 amide bonds. The number of aromatic nitrogens is 1. The van der Waals surface area contributed by atoms with E-state index in [1.54, 1.807) is 0 Å². The van der Waals surface area contributed by atoms with Crippen LogP contribution in [0.4, 0.5) is 5.13 Å². The van der Waals surface area contributed by atoms with Crippen molar-refractivity contribution in [1.82, 2.24) is 4.98 Å². The highest BCUT2D eigenvalue weighted by Crippen LogP contribution is 2.44. The Labute approximate surface area is 167 Å². The van der Waals surface area contributed by atoms with Crippen molar-refractivity contribution < 1.29 is 19.4 Å². The summed E-state index contributed by atoms with van der Waals surface area (Å²) in [6, 6.07) is 8.34. The monoisotopic (exact) mass is 400 g/mol. The fraction of sp³-hybridized carbons (Fsp3) is 0.476. The molecular weight excluding hydrogens is 376 g/mol. The zero-order valence-electron chi connectivity index (χ0n) is 16.0. The quantitative estimate of drug-likeness (QED) is 0.768. The molecule has 7 heteroatoms. The van der Waals surface area contributed by atoms with E-state index in [1.165, 1.54) is 16.9 Å². The number of nitrogens with one attached hydrogen (secondary N) is 1. The molecule has 2 N–H and O–H groups in total. The van der Waals surface area contributed by atoms with Crippen LogP contribution >= 0.6 is 11.3 Å². The van der Waals surface area contributed by atoms with Gasteiger partial charge in [0, 0.05) is 10.4 Å². The number of anilines is 1. The predicted molar refractivity (Wildman–Crippen MR) is 107 cm³/mol. The van der Waals surface area contributed by atoms with Crippen molar-refractivity contribution in [3.63, 3.8) is 0 Å². The summed E-state index contributed by atoms with van der Waals surface area (Å²) in [5.41, 5.74) is 3.16. The molecule has 2 bridgehead atoms. The average molecular weight is 401 g/mol. The van der Waals surface area contributed by atoms with Crippen molar-refractivity contribution >= 4 is 28.3 Å². The van der Waals surface area contributed by atoms with Gasteiger partial charge >= 0.3 is 5.97 Å². The van der Waals surface area contributed by atoms with Crippen LogP contribution in [0.3, 0.4) is 0 Å². The van der Waals surface area contributed by atoms with Crippen LogP contribution < -0.4 is 5.32 Å². The van der Waals surface area contributed by atoms with Gasteiger partial charge in [0.15, 0.2) is 5.13 Å². The molecule has 0 spiro atoms. The normalized spacial score (nSPS) is 25.8. The van der Waals surface area contributed by atoms with Crippen LogP contribution in [0.15, 0.2) is 24.3 Å². The third-order valence-electron chi connectivity index (χ3n) is 5.65. The van der Waals surface area contributed by atoms with Gasteiger partial charge in [-0.25, -0.2) is 4.98 Å². The summed E-state index contributed by atoms with van der Waals surface area (Å²) in [7, 11) is 0. The lowest BCUT2D eigenvalue weighted by molar-refractivity contribution is -0.147. The standard InChI is InChI=1S/C21H24N2O4S/c1-3-4-12-5-7-13(8-6-12)18-11(2)28-21(22-18)23-19(24)16-14-9-10-15(27-14)17(16)20(25)26/h5-8,14-17H,3-4,9-10H2,1-2H3,(H,25,26)(H,22,23,24)/t14-,15-,16-,17-/m0/s1. The number of nitrogens with zero attached hydrogens (tertiary/aromatic N) is 1. The minimum atomic E-state index is -0.962. The number of rotatable bonds is 6. The third-order valence-corrected chi connectivity index (χ3v) is 6.54. The van der Waals surface area contributed by atoms with Gasteiger partial charge in [0.2, 0.25) is 5.91 Å². The number of carbonyl (C=O) groups is 2. The Kier molecular flexibility index (Phi) is 5.21. The second-order valence-electron chi connectivity index (χ2n) is 7.54. The Bertz CT molecular complexity index is 892. The Morgan fingerprint density at radius 2 is 1.89 bits per heavy atom. The lowest BCUT2D eigenvalue weighted by atomic mass is 9.79. The van der Waals surface area contributed by atoms with E-state index >= 15 is 0 Å². The maximum Gasteiger partial charge on any atom is 0.310 e. The van der Waals surface area contributed by atoms with E-state index in [9.17, 15) is 14.7 Å². The third kappa shape index (κ3) is 3.44. The zero-order chi connectivity index (χ0) is 19.8. The molecule has 4 rings (SSSR count). The maximum atomic E-state index is 12.8. The number of aryl methyl sites for hydroxylation is 2. The fourth-order valence-corrected chi connectivity index (χ4v) is 5.19. The SMILES string of the molecule is CCCc1ccc(-c2nc(NC(=O)[C@@H]3[C@@H](C(=O)O)[C@@H]4CC[C@@H]3O4)sc2C)cc1. The average Bonchev–Trinajstić information content (AvgIpc) is 3.37. The molecule has 6 nitrogen and oxygen atoms in total. The number of hydrogen-bond donors (Lipinski definition) is 2. The zero-order valence-corrected chi connectivity index (χ0v) is 16.8. The number of fused-ring (bicyclic) bond motifs is 2. The lowest BCUT2D eigenvalue weighted by Crippen LogP contribution is -2.40. The van der Waals surface area contributed by atoms with E-state index in [2.05, 4.69) is 41.5 Å². The Morgan fingerprint density at radius 3 is 2.54 bits per heavy atom. The van der Waals surface area contributed by atoms with Crippen molar-refractivity contribution in [2.75, 3.05) is 5.32 Å². The van der Waals surface area contributed by atoms with E-state index in [1.807, 2.05) is 6.92 Å². The van der Waals surface area contributed by atoms with Gasteiger partial charge in [0.05, 0.1) is 29.7 Å². The van der Waals surface area contributed by atoms with Crippen molar-refractivity contribution in [1.29, 1.82) is 0 Å². The Hall–Kier alpha value is -2.25. The van der Waals surface area contributed by atoms with E-state index in [0.717, 1.165) is 35.4 Å². The van der Waals surface area contributed by atoms with E-state index in [4.69, 9.17) is 4.74 Å². The first-order valence-electron chi connectivity index (χ1n) is 9.73. The second kappa shape index (κ2) is 7.64. The molecule has 0 saturated carbocycles. The van der Waals surface area contributed by atoms with Crippen LogP contribution in [0.1, 0.15) is 36.6 Å². The summed E-state index contributed by atoms with van der Waals surface area (Å²) in [6.45, 7) is 4.13. The van der Waals surface area contributed by atoms with Crippen LogP contribution in [0.5, 0.6) is 0 Å². The fourth-order valence-electron chi connectivity index (χ4n) is 4.35. The first-order valence-corrected chi connectivity index (χ1v) is 10.6. The van der Waals surface area contributed by atoms with Crippen LogP contribution in [0.25, 0.3) is 11.3 Å². The highest BCUT2D eigenvalue weighted by atomic mass is 32.1. The summed E-state index contributed by atoms with van der Waals surface area (Å²) in [5, 5.41) is 12.8. The minimum absolute atomic E-state index is 0.307. The molecule has 0 aliphatic carbocycles. The molecule has 1 aromatic carbocycles. The Balaban J connectivity index is 1.51. The minimum Gasteiger partial charge on any atom is -0.481 e. The van der Waals surface area contributed by atoms with Crippen LogP contribution in [-0.2, 0) is 20.7 Å². The van der Waals surface area contributed by atoms with E-state index in [-0.39, 0.29) is 18.1 Å². The highest BCUT2D eigenvalue weighted by Gasteiger charge is 2.55. The summed E-state index contributed by atoms with van der Waals surface area (Å²) < 4.78 is 5.69. The van der Waals surface area contributed by atoms with Crippen molar-refractivity contribution in [3.8, 4) is 11.3 Å². The summed E-state index contributed by atoms with van der Waals surface area (Å²) in [6.07, 6.45) is 2.94. The molecule has 0 radical (unpaired) electrons. The van der Waals surface area contributed by atoms with Gasteiger partial charge in [0.1, 0.15) is 0 Å². The largest absolute Gasteiger partial charge is 0.481 e. The van der Waals surface area contributed by atoms with E-state index in [0.29, 0.717) is 11.6 Å². The molecular formula is C21H24N2O4S. The van der Waals surface area contributed by atoms with Gasteiger partial charge in [-0.3, -0.25) is 9.59 Å². The molecule has 28 heavy (non-hydrogen) atoms. The van der Waals surface area contributed by atoms with Crippen LogP contribution in [0, 0.1) is 18.8 Å². The van der Waals surface area contributed by atoms with Crippen LogP contribution in [0.2, 0.25) is 0 Å². The smallest absolute Gasteiger partial charge is 0.310 e. The number of carboxylic acid groups (broad SMARTS) is 1. The number of aliphatic carboxylic acids is 1. The number of ether oxygens (including phenoxy) is 1. The molecule has 148 valence electrons. The van der Waals surface area contributed by atoms with Gasteiger partial charge in [-0.2, -0.15) is 0 Å². The maximum absolute atomic E-state index is 12.8. The van der Waals surface area contributed by atoms with Gasteiger partial charge in [-0.05, 0) is 31.7 Å². The summed E-state index contributed by atoms with van der Waals surface area (Å²) in [4.78, 5) is 30.0. The molecule has 2 saturated heterocycles. The first-order chi connectivity index (χ1) is 13.5. The van der Waals surface area contributed by atoms with Crippen molar-refractivity contribution in [2.24, 2.45) is 11.8 Å². The number of benzene rings is 1. The van der Waals surface area contributed by atoms with Gasteiger partial charge in [-0.15, -0.1) is 11.3 Å². The second-order valence-corrected chi connectivity index (χ2v) is 8.74. The number of carbonyl (C=O) groups excluding carboxylic acids is 1. The Morgan fingerprint density at radius 1 is 1.21 bits per heavy atom. The van der Waals surface area contributed by atoms with E-state index < -0.39 is 17.8 Å². The van der Waals surface area contributed by atoms with Gasteiger partial charge < -0.3 is 15.2 Å². The number of amides is 1. The lowest BCUT2D eigenvalue weighted by Gasteiger charge is -2.23. The van der Waals surface area contributed by atoms with Crippen molar-refractivity contribution in [3.05, 3.63) is 34.7 Å². The summed E-state index contributed by atoms with van der Waals surface area (Å²) >= 11 is 1.41. The number of hydrogen-bond acceptors (Lipinski definition) is 5. The first kappa shape index (κ1) is 19.1. The van der Waals surface area contributed by atoms with Gasteiger partial charge in [0.25, 0.3) is 0 Å². The molecule has 4 atom stereocenters. The number of thiazole rings is 1. The molecule has 2 aromatic rings.